The number of hydrogen-bond acceptors (Lipinski definition) is 2. The molecule has 0 aliphatic heterocycles. The number of rotatable bonds is 2. The number of halogens is 1. The smallest absolute Gasteiger partial charge is 0.138 e. The molecule has 0 aromatic heterocycles. The highest BCUT2D eigenvalue weighted by Crippen LogP contribution is 2.39. The number of nitrogens with two attached hydrogens (primary N) is 1. The van der Waals surface area contributed by atoms with E-state index in [-0.39, 0.29) is 12.1 Å². The maximum atomic E-state index is 6.21. The summed E-state index contributed by atoms with van der Waals surface area (Å²) in [6.07, 6.45) is 3.29. The number of benzene rings is 1. The van der Waals surface area contributed by atoms with E-state index in [0.717, 1.165) is 18.6 Å². The zero-order valence-corrected chi connectivity index (χ0v) is 12.8. The van der Waals surface area contributed by atoms with Gasteiger partial charge < -0.3 is 10.5 Å². The van der Waals surface area contributed by atoms with Gasteiger partial charge in [-0.25, -0.2) is 0 Å². The molecule has 3 unspecified atom stereocenters. The van der Waals surface area contributed by atoms with Gasteiger partial charge in [0.2, 0.25) is 0 Å². The van der Waals surface area contributed by atoms with Gasteiger partial charge in [-0.1, -0.05) is 44.5 Å². The van der Waals surface area contributed by atoms with Gasteiger partial charge in [0, 0.05) is 6.04 Å². The Morgan fingerprint density at radius 3 is 2.53 bits per heavy atom. The number of hydrogen-bond donors (Lipinski definition) is 1. The van der Waals surface area contributed by atoms with E-state index in [0.29, 0.717) is 16.4 Å². The maximum Gasteiger partial charge on any atom is 0.138 e. The highest BCUT2D eigenvalue weighted by molar-refractivity contribution is 6.32. The van der Waals surface area contributed by atoms with Crippen molar-refractivity contribution >= 4 is 11.6 Å². The van der Waals surface area contributed by atoms with Crippen LogP contribution in [0.1, 0.15) is 40.0 Å². The van der Waals surface area contributed by atoms with E-state index in [9.17, 15) is 0 Å². The Bertz CT molecular complexity index is 427. The lowest BCUT2D eigenvalue weighted by Gasteiger charge is -2.40. The van der Waals surface area contributed by atoms with Crippen LogP contribution in [-0.2, 0) is 0 Å². The molecule has 1 saturated carbocycles. The van der Waals surface area contributed by atoms with Gasteiger partial charge in [-0.2, -0.15) is 0 Å². The average Bonchev–Trinajstić information content (AvgIpc) is 2.33. The fraction of sp³-hybridized carbons (Fsp3) is 0.625. The van der Waals surface area contributed by atoms with Crippen molar-refractivity contribution in [2.45, 2.75) is 52.2 Å². The molecule has 0 saturated heterocycles. The van der Waals surface area contributed by atoms with Gasteiger partial charge in [0.05, 0.1) is 5.02 Å². The fourth-order valence-corrected chi connectivity index (χ4v) is 2.96. The summed E-state index contributed by atoms with van der Waals surface area (Å²) < 4.78 is 6.07. The van der Waals surface area contributed by atoms with Crippen LogP contribution in [0.25, 0.3) is 0 Å². The predicted octanol–water partition coefficient (Wildman–Crippen LogP) is 4.26. The van der Waals surface area contributed by atoms with Gasteiger partial charge in [0.15, 0.2) is 0 Å². The molecule has 2 rings (SSSR count). The molecule has 0 radical (unpaired) electrons. The number of para-hydroxylation sites is 1. The van der Waals surface area contributed by atoms with Crippen LogP contribution in [0, 0.1) is 11.3 Å². The summed E-state index contributed by atoms with van der Waals surface area (Å²) in [5, 5.41) is 0.660. The summed E-state index contributed by atoms with van der Waals surface area (Å²) in [5.41, 5.74) is 6.52. The van der Waals surface area contributed by atoms with Crippen molar-refractivity contribution in [2.75, 3.05) is 0 Å². The van der Waals surface area contributed by atoms with Gasteiger partial charge in [0.25, 0.3) is 0 Å². The Kier molecular flexibility index (Phi) is 4.42. The molecule has 0 heterocycles. The van der Waals surface area contributed by atoms with E-state index < -0.39 is 0 Å². The fourth-order valence-electron chi connectivity index (χ4n) is 2.78. The molecule has 1 aliphatic rings. The highest BCUT2D eigenvalue weighted by Gasteiger charge is 2.35. The Labute approximate surface area is 121 Å². The second-order valence-electron chi connectivity index (χ2n) is 6.63. The maximum absolute atomic E-state index is 6.21. The minimum Gasteiger partial charge on any atom is -0.487 e. The summed E-state index contributed by atoms with van der Waals surface area (Å²) >= 11 is 6.15. The van der Waals surface area contributed by atoms with E-state index in [4.69, 9.17) is 22.1 Å². The first-order chi connectivity index (χ1) is 8.88. The first-order valence-corrected chi connectivity index (χ1v) is 7.42. The molecule has 0 spiro atoms. The van der Waals surface area contributed by atoms with Crippen molar-refractivity contribution < 1.29 is 4.74 Å². The van der Waals surface area contributed by atoms with Crippen molar-refractivity contribution in [3.05, 3.63) is 29.3 Å². The van der Waals surface area contributed by atoms with Gasteiger partial charge >= 0.3 is 0 Å². The number of ether oxygens (including phenoxy) is 1. The van der Waals surface area contributed by atoms with Crippen molar-refractivity contribution in [3.63, 3.8) is 0 Å². The topological polar surface area (TPSA) is 35.2 Å². The summed E-state index contributed by atoms with van der Waals surface area (Å²) in [5.74, 6) is 1.40. The molecule has 0 bridgehead atoms. The van der Waals surface area contributed by atoms with Crippen LogP contribution in [0.3, 0.4) is 0 Å². The lowest BCUT2D eigenvalue weighted by molar-refractivity contribution is 0.0592. The second kappa shape index (κ2) is 5.72. The molecule has 2 nitrogen and oxygen atoms in total. The zero-order valence-electron chi connectivity index (χ0n) is 12.0. The highest BCUT2D eigenvalue weighted by atomic mass is 35.5. The van der Waals surface area contributed by atoms with Gasteiger partial charge in [-0.05, 0) is 42.7 Å². The monoisotopic (exact) mass is 281 g/mol. The molecule has 106 valence electrons. The normalized spacial score (nSPS) is 28.2. The van der Waals surface area contributed by atoms with Gasteiger partial charge in [0.1, 0.15) is 11.9 Å². The van der Waals surface area contributed by atoms with Crippen LogP contribution in [0.15, 0.2) is 24.3 Å². The lowest BCUT2D eigenvalue weighted by Crippen LogP contribution is -2.46. The summed E-state index contributed by atoms with van der Waals surface area (Å²) in [6, 6.07) is 7.72. The van der Waals surface area contributed by atoms with Crippen LogP contribution in [0.5, 0.6) is 5.75 Å². The molecular formula is C16H24ClNO. The largest absolute Gasteiger partial charge is 0.487 e. The molecule has 1 aromatic carbocycles. The molecular weight excluding hydrogens is 258 g/mol. The third-order valence-electron chi connectivity index (χ3n) is 4.18. The molecule has 2 N–H and O–H groups in total. The van der Waals surface area contributed by atoms with Crippen molar-refractivity contribution in [1.29, 1.82) is 0 Å². The van der Waals surface area contributed by atoms with Crippen LogP contribution < -0.4 is 10.5 Å². The van der Waals surface area contributed by atoms with Crippen LogP contribution >= 0.6 is 11.6 Å². The summed E-state index contributed by atoms with van der Waals surface area (Å²) in [6.45, 7) is 6.88. The quantitative estimate of drug-likeness (QED) is 0.879. The minimum absolute atomic E-state index is 0.0675. The SMILES string of the molecule is CC(C)(C)C1CCC(N)C(Oc2ccccc2Cl)C1. The van der Waals surface area contributed by atoms with E-state index >= 15 is 0 Å². The summed E-state index contributed by atoms with van der Waals surface area (Å²) in [4.78, 5) is 0. The standard InChI is InChI=1S/C16H24ClNO/c1-16(2,3)11-8-9-13(18)15(10-11)19-14-7-5-4-6-12(14)17/h4-7,11,13,15H,8-10,18H2,1-3H3. The average molecular weight is 282 g/mol. The molecule has 19 heavy (non-hydrogen) atoms. The van der Waals surface area contributed by atoms with Crippen LogP contribution in [0.2, 0.25) is 5.02 Å². The summed E-state index contributed by atoms with van der Waals surface area (Å²) in [7, 11) is 0. The first kappa shape index (κ1) is 14.7. The van der Waals surface area contributed by atoms with Gasteiger partial charge in [-0.3, -0.25) is 0 Å². The zero-order chi connectivity index (χ0) is 14.0. The Morgan fingerprint density at radius 1 is 1.21 bits per heavy atom. The first-order valence-electron chi connectivity index (χ1n) is 7.04. The van der Waals surface area contributed by atoms with E-state index in [1.54, 1.807) is 0 Å². The van der Waals surface area contributed by atoms with Crippen molar-refractivity contribution in [1.82, 2.24) is 0 Å². The molecule has 1 aromatic rings. The van der Waals surface area contributed by atoms with Gasteiger partial charge in [-0.15, -0.1) is 0 Å². The molecule has 3 atom stereocenters. The van der Waals surface area contributed by atoms with Crippen molar-refractivity contribution in [2.24, 2.45) is 17.1 Å². The third kappa shape index (κ3) is 3.64. The minimum atomic E-state index is 0.0675. The van der Waals surface area contributed by atoms with Crippen molar-refractivity contribution in [3.8, 4) is 5.75 Å². The van der Waals surface area contributed by atoms with Crippen LogP contribution in [-0.4, -0.2) is 12.1 Å². The molecule has 1 fully saturated rings. The molecule has 3 heteroatoms. The predicted molar refractivity (Wildman–Crippen MR) is 80.6 cm³/mol. The van der Waals surface area contributed by atoms with E-state index in [1.165, 1.54) is 6.42 Å². The van der Waals surface area contributed by atoms with E-state index in [2.05, 4.69) is 20.8 Å². The molecule has 1 aliphatic carbocycles. The second-order valence-corrected chi connectivity index (χ2v) is 7.03. The van der Waals surface area contributed by atoms with Crippen LogP contribution in [0.4, 0.5) is 0 Å². The Hall–Kier alpha value is -0.730. The molecule has 0 amide bonds. The Balaban J connectivity index is 2.08. The van der Waals surface area contributed by atoms with E-state index in [1.807, 2.05) is 24.3 Å². The third-order valence-corrected chi connectivity index (χ3v) is 4.49. The lowest BCUT2D eigenvalue weighted by atomic mass is 9.70. The Morgan fingerprint density at radius 2 is 1.89 bits per heavy atom.